The lowest BCUT2D eigenvalue weighted by Gasteiger charge is -2.24. The van der Waals surface area contributed by atoms with Gasteiger partial charge in [0.2, 0.25) is 0 Å². The summed E-state index contributed by atoms with van der Waals surface area (Å²) < 4.78 is 26.1. The first kappa shape index (κ1) is 13.9. The van der Waals surface area contributed by atoms with Gasteiger partial charge in [0.15, 0.2) is 5.03 Å². The topological polar surface area (TPSA) is 88.3 Å². The Bertz CT molecular complexity index is 473. The third-order valence-electron chi connectivity index (χ3n) is 2.37. The molecular weight excluding hydrogens is 240 g/mol. The van der Waals surface area contributed by atoms with Gasteiger partial charge in [-0.05, 0) is 26.0 Å². The minimum absolute atomic E-state index is 0.0435. The van der Waals surface area contributed by atoms with Crippen LogP contribution in [0, 0.1) is 0 Å². The van der Waals surface area contributed by atoms with E-state index in [9.17, 15) is 8.42 Å². The number of nitrogens with two attached hydrogens (primary N) is 1. The predicted molar refractivity (Wildman–Crippen MR) is 66.7 cm³/mol. The van der Waals surface area contributed by atoms with Crippen LogP contribution in [0.1, 0.15) is 20.8 Å². The molecule has 0 aliphatic rings. The first-order valence-electron chi connectivity index (χ1n) is 5.38. The fraction of sp³-hybridized carbons (Fsp3) is 0.500. The van der Waals surface area contributed by atoms with Crippen molar-refractivity contribution in [2.75, 3.05) is 12.0 Å². The smallest absolute Gasteiger partial charge is 0.262 e. The van der Waals surface area contributed by atoms with Crippen molar-refractivity contribution in [2.45, 2.75) is 31.8 Å². The van der Waals surface area contributed by atoms with E-state index < -0.39 is 10.0 Å². The summed E-state index contributed by atoms with van der Waals surface area (Å²) in [6, 6.07) is 3.08. The molecule has 1 rings (SSSR count). The monoisotopic (exact) mass is 258 g/mol. The molecule has 0 saturated carbocycles. The summed E-state index contributed by atoms with van der Waals surface area (Å²) in [6.07, 6.45) is 1.43. The highest BCUT2D eigenvalue weighted by molar-refractivity contribution is 7.89. The molecule has 17 heavy (non-hydrogen) atoms. The van der Waals surface area contributed by atoms with Gasteiger partial charge in [-0.3, -0.25) is 5.84 Å². The zero-order valence-corrected chi connectivity index (χ0v) is 11.0. The van der Waals surface area contributed by atoms with Gasteiger partial charge in [-0.1, -0.05) is 6.92 Å². The number of aromatic nitrogens is 1. The molecule has 1 aromatic rings. The van der Waals surface area contributed by atoms with Crippen LogP contribution in [0.2, 0.25) is 0 Å². The highest BCUT2D eigenvalue weighted by atomic mass is 32.2. The lowest BCUT2D eigenvalue weighted by Crippen LogP contribution is -2.37. The molecule has 1 heterocycles. The van der Waals surface area contributed by atoms with Crippen molar-refractivity contribution in [1.82, 2.24) is 9.29 Å². The van der Waals surface area contributed by atoms with Gasteiger partial charge in [0.1, 0.15) is 0 Å². The molecule has 0 atom stereocenters. The Hall–Kier alpha value is -1.18. The Morgan fingerprint density at radius 3 is 2.65 bits per heavy atom. The van der Waals surface area contributed by atoms with Crippen molar-refractivity contribution in [3.8, 4) is 0 Å². The SMILES string of the molecule is CCN(C(C)C)S(=O)(=O)c1ncccc1NN. The summed E-state index contributed by atoms with van der Waals surface area (Å²) >= 11 is 0. The molecule has 7 heteroatoms. The van der Waals surface area contributed by atoms with Gasteiger partial charge in [0.25, 0.3) is 10.0 Å². The third-order valence-corrected chi connectivity index (χ3v) is 4.48. The van der Waals surface area contributed by atoms with Gasteiger partial charge in [-0.25, -0.2) is 13.4 Å². The van der Waals surface area contributed by atoms with Crippen LogP contribution in [-0.4, -0.2) is 30.3 Å². The van der Waals surface area contributed by atoms with Crippen LogP contribution >= 0.6 is 0 Å². The van der Waals surface area contributed by atoms with Gasteiger partial charge in [0, 0.05) is 18.8 Å². The van der Waals surface area contributed by atoms with E-state index >= 15 is 0 Å². The largest absolute Gasteiger partial charge is 0.321 e. The maximum Gasteiger partial charge on any atom is 0.262 e. The number of hydrogen-bond acceptors (Lipinski definition) is 5. The van der Waals surface area contributed by atoms with Gasteiger partial charge >= 0.3 is 0 Å². The van der Waals surface area contributed by atoms with E-state index in [0.717, 1.165) is 0 Å². The fourth-order valence-corrected chi connectivity index (χ4v) is 3.35. The average molecular weight is 258 g/mol. The molecule has 96 valence electrons. The van der Waals surface area contributed by atoms with Crippen molar-refractivity contribution in [3.63, 3.8) is 0 Å². The van der Waals surface area contributed by atoms with Gasteiger partial charge in [-0.2, -0.15) is 4.31 Å². The number of nitrogens with one attached hydrogen (secondary N) is 1. The number of rotatable bonds is 5. The van der Waals surface area contributed by atoms with E-state index in [1.165, 1.54) is 10.5 Å². The predicted octanol–water partition coefficient (Wildman–Crippen LogP) is 0.786. The second-order valence-corrected chi connectivity index (χ2v) is 5.61. The standard InChI is InChI=1S/C10H18N4O2S/c1-4-14(8(2)3)17(15,16)10-9(13-11)6-5-7-12-10/h5-8,13H,4,11H2,1-3H3. The first-order valence-corrected chi connectivity index (χ1v) is 6.82. The van der Waals surface area contributed by atoms with Crippen molar-refractivity contribution in [2.24, 2.45) is 5.84 Å². The van der Waals surface area contributed by atoms with Crippen LogP contribution in [0.15, 0.2) is 23.4 Å². The van der Waals surface area contributed by atoms with Crippen LogP contribution in [0.4, 0.5) is 5.69 Å². The second kappa shape index (κ2) is 5.44. The van der Waals surface area contributed by atoms with Crippen LogP contribution in [0.25, 0.3) is 0 Å². The summed E-state index contributed by atoms with van der Waals surface area (Å²) in [5.41, 5.74) is 2.65. The molecule has 0 radical (unpaired) electrons. The number of nitrogens with zero attached hydrogens (tertiary/aromatic N) is 2. The van der Waals surface area contributed by atoms with E-state index in [0.29, 0.717) is 12.2 Å². The molecule has 0 fully saturated rings. The Morgan fingerprint density at radius 1 is 1.53 bits per heavy atom. The summed E-state index contributed by atoms with van der Waals surface area (Å²) in [7, 11) is -3.61. The minimum atomic E-state index is -3.61. The van der Waals surface area contributed by atoms with Crippen LogP contribution in [-0.2, 0) is 10.0 Å². The van der Waals surface area contributed by atoms with Crippen molar-refractivity contribution in [3.05, 3.63) is 18.3 Å². The Labute approximate surface area is 102 Å². The number of pyridine rings is 1. The highest BCUT2D eigenvalue weighted by Crippen LogP contribution is 2.22. The maximum atomic E-state index is 12.4. The number of nitrogen functional groups attached to an aromatic ring is 1. The lowest BCUT2D eigenvalue weighted by molar-refractivity contribution is 0.368. The molecular formula is C10H18N4O2S. The summed E-state index contributed by atoms with van der Waals surface area (Å²) in [5.74, 6) is 5.29. The molecule has 0 saturated heterocycles. The van der Waals surface area contributed by atoms with E-state index in [-0.39, 0.29) is 11.1 Å². The van der Waals surface area contributed by atoms with E-state index in [2.05, 4.69) is 10.4 Å². The van der Waals surface area contributed by atoms with Crippen molar-refractivity contribution in [1.29, 1.82) is 0 Å². The lowest BCUT2D eigenvalue weighted by atomic mass is 10.4. The minimum Gasteiger partial charge on any atom is -0.321 e. The van der Waals surface area contributed by atoms with Gasteiger partial charge in [0.05, 0.1) is 5.69 Å². The molecule has 0 aliphatic heterocycles. The van der Waals surface area contributed by atoms with Crippen molar-refractivity contribution >= 4 is 15.7 Å². The molecule has 0 amide bonds. The zero-order chi connectivity index (χ0) is 13.1. The van der Waals surface area contributed by atoms with Crippen LogP contribution < -0.4 is 11.3 Å². The van der Waals surface area contributed by atoms with Gasteiger partial charge < -0.3 is 5.43 Å². The summed E-state index contributed by atoms with van der Waals surface area (Å²) in [5, 5.41) is -0.0435. The fourth-order valence-electron chi connectivity index (χ4n) is 1.63. The number of sulfonamides is 1. The third kappa shape index (κ3) is 2.74. The number of hydrazine groups is 1. The first-order chi connectivity index (χ1) is 7.95. The molecule has 0 aromatic carbocycles. The molecule has 0 bridgehead atoms. The Morgan fingerprint density at radius 2 is 2.18 bits per heavy atom. The van der Waals surface area contributed by atoms with E-state index in [1.54, 1.807) is 19.1 Å². The quantitative estimate of drug-likeness (QED) is 0.602. The normalized spacial score (nSPS) is 12.1. The second-order valence-electron chi connectivity index (χ2n) is 3.80. The van der Waals surface area contributed by atoms with Crippen molar-refractivity contribution < 1.29 is 8.42 Å². The van der Waals surface area contributed by atoms with Crippen LogP contribution in [0.3, 0.4) is 0 Å². The highest BCUT2D eigenvalue weighted by Gasteiger charge is 2.28. The van der Waals surface area contributed by atoms with E-state index in [1.807, 2.05) is 13.8 Å². The molecule has 3 N–H and O–H groups in total. The maximum absolute atomic E-state index is 12.4. The number of anilines is 1. The Kier molecular flexibility index (Phi) is 4.44. The van der Waals surface area contributed by atoms with Crippen LogP contribution in [0.5, 0.6) is 0 Å². The molecule has 6 nitrogen and oxygen atoms in total. The van der Waals surface area contributed by atoms with E-state index in [4.69, 9.17) is 5.84 Å². The number of hydrogen-bond donors (Lipinski definition) is 2. The molecule has 0 unspecified atom stereocenters. The summed E-state index contributed by atoms with van der Waals surface area (Å²) in [6.45, 7) is 5.82. The average Bonchev–Trinajstić information content (AvgIpc) is 2.29. The summed E-state index contributed by atoms with van der Waals surface area (Å²) in [4.78, 5) is 3.90. The Balaban J connectivity index is 3.30. The molecule has 1 aromatic heterocycles. The van der Waals surface area contributed by atoms with Gasteiger partial charge in [-0.15, -0.1) is 0 Å². The zero-order valence-electron chi connectivity index (χ0n) is 10.2. The molecule has 0 aliphatic carbocycles. The molecule has 0 spiro atoms.